The maximum absolute atomic E-state index is 0. The van der Waals surface area contributed by atoms with Gasteiger partial charge in [0, 0.05) is 61.3 Å². The van der Waals surface area contributed by atoms with Crippen LogP contribution in [0.2, 0.25) is 0 Å². The first-order valence-corrected chi connectivity index (χ1v) is 0. The van der Waals surface area contributed by atoms with Gasteiger partial charge in [0.05, 0.1) is 0 Å². The summed E-state index contributed by atoms with van der Waals surface area (Å²) in [5.41, 5.74) is 0. The Balaban J connectivity index is 0. The molecule has 0 saturated carbocycles. The van der Waals surface area contributed by atoms with Gasteiger partial charge in [-0.05, 0) is 0 Å². The van der Waals surface area contributed by atoms with Crippen LogP contribution in [0.25, 0.3) is 6.15 Å². The van der Waals surface area contributed by atoms with Crippen LogP contribution in [-0.2, 0) is 61.3 Å². The van der Waals surface area contributed by atoms with Crippen LogP contribution in [0.5, 0.6) is 0 Å². The van der Waals surface area contributed by atoms with Crippen molar-refractivity contribution >= 4 is 0 Å². The van der Waals surface area contributed by atoms with Gasteiger partial charge in [-0.25, -0.2) is 0 Å². The van der Waals surface area contributed by atoms with E-state index in [1.54, 1.807) is 0 Å². The molecule has 0 aromatic carbocycles. The summed E-state index contributed by atoms with van der Waals surface area (Å²) < 4.78 is 0. The van der Waals surface area contributed by atoms with Crippen LogP contribution in [0.3, 0.4) is 0 Å². The molecule has 4 heavy (non-hydrogen) atoms. The summed E-state index contributed by atoms with van der Waals surface area (Å²) >= 11 is 0. The fourth-order valence-corrected chi connectivity index (χ4v) is 0. The summed E-state index contributed by atoms with van der Waals surface area (Å²) in [6, 6.07) is 0. The Bertz CT molecular complexity index is 3.25. The minimum atomic E-state index is 0. The molecule has 0 aromatic heterocycles. The van der Waals surface area contributed by atoms with Gasteiger partial charge in [0.1, 0.15) is 0 Å². The molecular weight excluding hydrogens is 573 g/mol. The predicted molar refractivity (Wildman–Crippen MR) is 5.28 cm³/mol. The van der Waals surface area contributed by atoms with E-state index in [1.165, 1.54) is 0 Å². The summed E-state index contributed by atoms with van der Waals surface area (Å²) in [5.74, 6) is 0. The van der Waals surface area contributed by atoms with Crippen LogP contribution >= 0.6 is 0 Å². The van der Waals surface area contributed by atoms with Crippen molar-refractivity contribution in [1.29, 1.82) is 0 Å². The Morgan fingerprint density at radius 1 is 0.500 bits per heavy atom. The normalized spacial score (nSPS) is 0. The van der Waals surface area contributed by atoms with Crippen LogP contribution in [0.4, 0.5) is 0 Å². The quantitative estimate of drug-likeness (QED) is 0.409. The molecule has 0 fully saturated rings. The van der Waals surface area contributed by atoms with Crippen LogP contribution in [0, 0.1) is 0 Å². The first-order chi connectivity index (χ1) is 0. The minimum Gasteiger partial charge on any atom is -0.693 e. The third-order valence-electron chi connectivity index (χ3n) is 0. The van der Waals surface area contributed by atoms with Crippen molar-refractivity contribution in [3.8, 4) is 0 Å². The molecule has 3 radical (unpaired) electrons. The van der Waals surface area contributed by atoms with Gasteiger partial charge in [0.15, 0.2) is 0 Å². The topological polar surface area (TPSA) is 33.5 Å². The van der Waals surface area contributed by atoms with E-state index in [9.17, 15) is 0 Å². The molecule has 0 aliphatic rings. The van der Waals surface area contributed by atoms with Gasteiger partial charge in [-0.3, -0.25) is 0 Å². The zero-order valence-electron chi connectivity index (χ0n) is 1.71. The number of hydrogen-bond donors (Lipinski definition) is 0. The first kappa shape index (κ1) is 38.4. The van der Waals surface area contributed by atoms with Gasteiger partial charge in [0.25, 0.3) is 0 Å². The van der Waals surface area contributed by atoms with E-state index in [1.807, 2.05) is 0 Å². The monoisotopic (exact) mass is 577 g/mol. The van der Waals surface area contributed by atoms with Crippen molar-refractivity contribution in [1.82, 2.24) is 0 Å². The largest absolute Gasteiger partial charge is 0.693 e. The van der Waals surface area contributed by atoms with E-state index in [2.05, 4.69) is 0 Å². The Morgan fingerprint density at radius 2 is 0.500 bits per heavy atom. The van der Waals surface area contributed by atoms with E-state index >= 15 is 0 Å². The van der Waals surface area contributed by atoms with Gasteiger partial charge >= 0.3 is 0 Å². The molecule has 1 nitrogen and oxygen atoms in total. The molecule has 0 heterocycles. The molecule has 2 N–H and O–H groups in total. The smallest absolute Gasteiger partial charge is 0 e. The average Bonchev–Trinajstić information content (AvgIpc) is 0. The molecule has 0 spiro atoms. The van der Waals surface area contributed by atoms with E-state index in [0.717, 1.165) is 0 Å². The molecule has 0 unspecified atom stereocenters. The second-order valence-electron chi connectivity index (χ2n) is 0. The van der Waals surface area contributed by atoms with Crippen molar-refractivity contribution in [2.24, 2.45) is 0 Å². The van der Waals surface area contributed by atoms with Crippen LogP contribution in [0.1, 0.15) is 0 Å². The van der Waals surface area contributed by atoms with Crippen molar-refractivity contribution in [2.45, 2.75) is 0 Å². The zero-order chi connectivity index (χ0) is 0. The molecule has 29 valence electrons. The molecule has 0 rings (SSSR count). The molecule has 0 aromatic rings. The van der Waals surface area contributed by atoms with E-state index < -0.39 is 0 Å². The fraction of sp³-hybridized carbons (Fsp3) is 0. The van der Waals surface area contributed by atoms with Crippen molar-refractivity contribution < 1.29 is 61.3 Å². The van der Waals surface area contributed by atoms with E-state index in [-0.39, 0.29) is 67.4 Å². The number of hydrogen-bond acceptors (Lipinski definition) is 0. The van der Waals surface area contributed by atoms with Gasteiger partial charge in [-0.1, -0.05) is 0 Å². The summed E-state index contributed by atoms with van der Waals surface area (Å²) in [5, 5.41) is 0. The molecule has 0 aliphatic carbocycles. The van der Waals surface area contributed by atoms with E-state index in [4.69, 9.17) is 0 Å². The van der Waals surface area contributed by atoms with Crippen LogP contribution < -0.4 is 0 Å². The summed E-state index contributed by atoms with van der Waals surface area (Å²) in [4.78, 5) is 0. The summed E-state index contributed by atoms with van der Waals surface area (Å²) in [6.45, 7) is 0. The predicted octanol–water partition coefficient (Wildman–Crippen LogP) is 0.710. The van der Waals surface area contributed by atoms with Crippen LogP contribution in [-0.4, -0.2) is 0 Å². The SMILES string of the molecule is [NH2-].[Re].[Re].[Re]. The van der Waals surface area contributed by atoms with Gasteiger partial charge in [-0.2, -0.15) is 0 Å². The molecule has 0 saturated heterocycles. The molecule has 0 aliphatic heterocycles. The maximum Gasteiger partial charge on any atom is 0 e. The Labute approximate surface area is 66.8 Å². The van der Waals surface area contributed by atoms with E-state index in [0.29, 0.717) is 0 Å². The second-order valence-corrected chi connectivity index (χ2v) is 0. The maximum atomic E-state index is 0. The van der Waals surface area contributed by atoms with Gasteiger partial charge in [-0.15, -0.1) is 0 Å². The second kappa shape index (κ2) is 20.3. The fourth-order valence-electron chi connectivity index (χ4n) is 0. The van der Waals surface area contributed by atoms with Crippen molar-refractivity contribution in [3.63, 3.8) is 0 Å². The summed E-state index contributed by atoms with van der Waals surface area (Å²) in [6.07, 6.45) is 0. The molecule has 0 atom stereocenters. The number of rotatable bonds is 0. The molecule has 4 heteroatoms. The summed E-state index contributed by atoms with van der Waals surface area (Å²) in [7, 11) is 0. The van der Waals surface area contributed by atoms with Crippen LogP contribution in [0.15, 0.2) is 0 Å². The Morgan fingerprint density at radius 3 is 0.500 bits per heavy atom. The molecular formula is H2NRe3-. The zero-order valence-corrected chi connectivity index (χ0v) is 9.86. The molecule has 0 amide bonds. The standard InChI is InChI=1S/H2N.3Re/h1H2;;;/q-1;;;. The first-order valence-electron chi connectivity index (χ1n) is 0. The minimum absolute atomic E-state index is 0. The third-order valence-corrected chi connectivity index (χ3v) is 0. The Kier molecular flexibility index (Phi) is 195. The van der Waals surface area contributed by atoms with Gasteiger partial charge in [0.2, 0.25) is 0 Å². The van der Waals surface area contributed by atoms with Crippen molar-refractivity contribution in [3.05, 3.63) is 6.15 Å². The Hall–Kier alpha value is 1.95. The number of nitrogens with two attached hydrogens (primary N) is 1. The average molecular weight is 575 g/mol. The van der Waals surface area contributed by atoms with Crippen molar-refractivity contribution in [2.75, 3.05) is 0 Å². The van der Waals surface area contributed by atoms with Gasteiger partial charge < -0.3 is 6.15 Å². The third kappa shape index (κ3) is 9.04. The molecule has 0 bridgehead atoms.